The number of carbonyl (C=O) groups is 11. The fraction of sp³-hybridized carbons (Fsp3) is 0.780. The maximum Gasteiger partial charge on any atom is 0.236 e. The van der Waals surface area contributed by atoms with Crippen molar-refractivity contribution in [1.82, 2.24) is 0 Å². The Bertz CT molecular complexity index is 2010. The highest BCUT2D eigenvalue weighted by Gasteiger charge is 2.26. The van der Waals surface area contributed by atoms with Gasteiger partial charge in [0, 0.05) is 0 Å². The minimum atomic E-state index is -0.700. The first-order valence-electron chi connectivity index (χ1n) is 30.8. The lowest BCUT2D eigenvalue weighted by molar-refractivity contribution is -0.122. The summed E-state index contributed by atoms with van der Waals surface area (Å²) in [6.45, 7) is 30.4. The number of nitrogens with two attached hydrogens (primary N) is 22. The first-order chi connectivity index (χ1) is 42.5. The molecule has 34 nitrogen and oxygen atoms in total. The molecular weight excluding hydrogens is 1240 g/mol. The van der Waals surface area contributed by atoms with Gasteiger partial charge >= 0.3 is 0 Å². The molecular formula is C59H136N22O12S. The number of amides is 11. The monoisotopic (exact) mass is 1380 g/mol. The predicted octanol–water partition coefficient (Wildman–Crippen LogP) is -4.71. The van der Waals surface area contributed by atoms with Gasteiger partial charge < -0.3 is 131 Å². The Labute approximate surface area is 565 Å². The topological polar surface area (TPSA) is 769 Å². The molecule has 0 spiro atoms. The lowest BCUT2D eigenvalue weighted by Gasteiger charge is -2.20. The third-order valence-electron chi connectivity index (χ3n) is 11.3. The Morgan fingerprint density at radius 3 is 0.989 bits per heavy atom. The largest absolute Gasteiger partial charge is 0.374 e. The number of hydrogen-bond acceptors (Lipinski definition) is 24. The normalized spacial score (nSPS) is 14.4. The Hall–Kier alpha value is -6.22. The van der Waals surface area contributed by atoms with Crippen LogP contribution in [0.5, 0.6) is 0 Å². The van der Waals surface area contributed by atoms with Gasteiger partial charge in [-0.1, -0.05) is 107 Å². The maximum atomic E-state index is 10.5. The summed E-state index contributed by atoms with van der Waals surface area (Å²) < 4.78 is 5.23. The lowest BCUT2D eigenvalue weighted by atomic mass is 9.88. The van der Waals surface area contributed by atoms with Crippen LogP contribution in [0.3, 0.4) is 0 Å². The second-order valence-electron chi connectivity index (χ2n) is 24.6. The van der Waals surface area contributed by atoms with Crippen molar-refractivity contribution >= 4 is 76.7 Å². The highest BCUT2D eigenvalue weighted by molar-refractivity contribution is 7.98. The van der Waals surface area contributed by atoms with Crippen LogP contribution in [0, 0.1) is 23.2 Å². The number of rotatable bonds is 30. The third kappa shape index (κ3) is 96.9. The molecule has 0 aliphatic heterocycles. The zero-order valence-corrected chi connectivity index (χ0v) is 60.3. The summed E-state index contributed by atoms with van der Waals surface area (Å²) in [6, 6.07) is -5.44. The van der Waals surface area contributed by atoms with Crippen molar-refractivity contribution in [2.75, 3.05) is 18.6 Å². The second-order valence-corrected chi connectivity index (χ2v) is 25.6. The molecule has 0 aromatic rings. The summed E-state index contributed by atoms with van der Waals surface area (Å²) in [6.07, 6.45) is 14.2. The van der Waals surface area contributed by atoms with Gasteiger partial charge in [0.2, 0.25) is 65.0 Å². The predicted molar refractivity (Wildman–Crippen MR) is 378 cm³/mol. The van der Waals surface area contributed by atoms with Crippen molar-refractivity contribution in [2.45, 2.75) is 252 Å². The fourth-order valence-electron chi connectivity index (χ4n) is 4.87. The van der Waals surface area contributed by atoms with E-state index in [1.165, 1.54) is 12.8 Å². The molecule has 0 aromatic heterocycles. The van der Waals surface area contributed by atoms with E-state index < -0.39 is 126 Å². The minimum Gasteiger partial charge on any atom is -0.374 e. The Balaban J connectivity index is -0.000000104. The van der Waals surface area contributed by atoms with Crippen molar-refractivity contribution in [3.63, 3.8) is 0 Å². The quantitative estimate of drug-likeness (QED) is 0.0301. The van der Waals surface area contributed by atoms with Crippen LogP contribution in [0.15, 0.2) is 12.7 Å². The summed E-state index contributed by atoms with van der Waals surface area (Å²) >= 11 is 1.66. The summed E-state index contributed by atoms with van der Waals surface area (Å²) in [4.78, 5) is 113. The van der Waals surface area contributed by atoms with Gasteiger partial charge in [-0.2, -0.15) is 11.8 Å². The molecule has 1 aliphatic rings. The molecule has 0 heterocycles. The first-order valence-corrected chi connectivity index (χ1v) is 32.2. The van der Waals surface area contributed by atoms with Gasteiger partial charge in [0.05, 0.1) is 72.6 Å². The molecule has 1 aliphatic carbocycles. The van der Waals surface area contributed by atoms with Gasteiger partial charge in [-0.25, -0.2) is 0 Å². The van der Waals surface area contributed by atoms with E-state index in [0.29, 0.717) is 56.8 Å². The number of unbranched alkanes of at least 4 members (excludes halogenated alkanes) is 1. The van der Waals surface area contributed by atoms with E-state index in [-0.39, 0.29) is 29.4 Å². The summed E-state index contributed by atoms with van der Waals surface area (Å²) in [5.74, 6) is -2.60. The van der Waals surface area contributed by atoms with Gasteiger partial charge in [-0.3, -0.25) is 52.7 Å². The standard InChI is InChI=1S/C7H16N2O2.C7H16N2O.C6H12N2O.2C6H14N2O.C5H12N2OS.2C5H12N2O.C5H10N2O.C4H10N2O.C3H8N2O/c1-7(2,3)11-4-5(8)6(9)10;1-7(2,3)4-5(8)6(9)10;7-5(6(8)9)3-4-1-2-4;1-4(2)3-5(7)6(8)9;1-2-3-4-5(7)6(8)9;1-9-3-2-4(6)5(7)8;1-3(2)4(6)5(7)8;2*1-2-3-4(6)5(7)8;1-2-3(5)4(6)7;1-2(4)3(5)6/h5H,4,8H2,1-3H3,(H2,9,10);5H,4,8H2,1-3H3,(H2,9,10);4-5H,1-3,7H2,(H2,8,9);4-5H,3,7H2,1-2H3,(H2,8,9);5H,2-4,7H2,1H3,(H2,8,9);4H,2-3,6H2,1H3,(H2,7,8);3-4H,6H2,1-2H3,(H2,7,8);4H,2-3,6H2,1H3,(H2,7,8);2,4H,1,3,6H2,(H2,7,8);3H,2,5H2,1H3,(H2,6,7);2H,4H2,1H3,(H2,5,6)/t5*5-;4*4-;3-;2-/m11111111111/s1. The minimum absolute atomic E-state index is 0.0778. The second kappa shape index (κ2) is 65.4. The van der Waals surface area contributed by atoms with Crippen molar-refractivity contribution < 1.29 is 57.5 Å². The van der Waals surface area contributed by atoms with E-state index in [1.54, 1.807) is 24.8 Å². The number of primary amides is 11. The van der Waals surface area contributed by atoms with Crippen LogP contribution in [0.2, 0.25) is 0 Å². The van der Waals surface area contributed by atoms with E-state index in [1.807, 2.05) is 96.3 Å². The Morgan fingerprint density at radius 2 is 0.819 bits per heavy atom. The van der Waals surface area contributed by atoms with E-state index >= 15 is 0 Å². The highest BCUT2D eigenvalue weighted by Crippen LogP contribution is 2.33. The van der Waals surface area contributed by atoms with Gasteiger partial charge in [-0.15, -0.1) is 6.58 Å². The molecule has 0 unspecified atom stereocenters. The molecule has 560 valence electrons. The number of carbonyl (C=O) groups excluding carboxylic acids is 11. The molecule has 94 heavy (non-hydrogen) atoms. The Morgan fingerprint density at radius 1 is 0.468 bits per heavy atom. The average Bonchev–Trinajstić information content (AvgIpc) is 1.83. The average molecular weight is 1380 g/mol. The van der Waals surface area contributed by atoms with Crippen LogP contribution in [-0.2, 0) is 57.5 Å². The molecule has 11 amide bonds. The summed E-state index contributed by atoms with van der Waals surface area (Å²) in [5, 5.41) is 0. The lowest BCUT2D eigenvalue weighted by Crippen LogP contribution is -2.42. The zero-order valence-electron chi connectivity index (χ0n) is 59.5. The molecule has 1 rings (SSSR count). The van der Waals surface area contributed by atoms with E-state index in [2.05, 4.69) is 12.3 Å². The Kier molecular flexibility index (Phi) is 76.1. The molecule has 11 atom stereocenters. The highest BCUT2D eigenvalue weighted by atomic mass is 32.2. The number of ether oxygens (including phenoxy) is 1. The smallest absolute Gasteiger partial charge is 0.236 e. The van der Waals surface area contributed by atoms with Crippen molar-refractivity contribution in [2.24, 2.45) is 149 Å². The summed E-state index contributed by atoms with van der Waals surface area (Å²) in [7, 11) is 0. The van der Waals surface area contributed by atoms with Gasteiger partial charge in [0.15, 0.2) is 0 Å². The molecule has 44 N–H and O–H groups in total. The molecule has 35 heteroatoms. The molecule has 0 saturated heterocycles. The van der Waals surface area contributed by atoms with Crippen molar-refractivity contribution in [3.05, 3.63) is 12.7 Å². The van der Waals surface area contributed by atoms with Gasteiger partial charge in [0.1, 0.15) is 6.04 Å². The zero-order chi connectivity index (χ0) is 77.2. The van der Waals surface area contributed by atoms with Crippen LogP contribution in [-0.4, -0.2) is 156 Å². The molecule has 0 aromatic carbocycles. The van der Waals surface area contributed by atoms with Crippen LogP contribution >= 0.6 is 11.8 Å². The van der Waals surface area contributed by atoms with Gasteiger partial charge in [-0.05, 0) is 114 Å². The van der Waals surface area contributed by atoms with Crippen molar-refractivity contribution in [1.29, 1.82) is 0 Å². The van der Waals surface area contributed by atoms with E-state index in [9.17, 15) is 52.7 Å². The van der Waals surface area contributed by atoms with E-state index in [4.69, 9.17) is 125 Å². The molecule has 0 radical (unpaired) electrons. The SMILES string of the molecule is C=CC[C@@H](N)C(N)=O.CC(C)(C)C[C@@H](N)C(N)=O.CC(C)(C)OC[C@@H](N)C(N)=O.CC(C)C[C@@H](N)C(N)=O.CC(C)[C@@H](N)C(N)=O.CCCC[C@@H](N)C(N)=O.CCC[C@@H](N)C(N)=O.CC[C@@H](N)C(N)=O.CSCC[C@@H](N)C(N)=O.C[C@@H](N)C(N)=O.NC(=O)[C@H](N)CC1CC1. The molecule has 1 fully saturated rings. The molecule has 0 bridgehead atoms. The summed E-state index contributed by atoms with van der Waals surface area (Å²) in [5.41, 5.74) is 111. The van der Waals surface area contributed by atoms with Crippen molar-refractivity contribution in [3.8, 4) is 0 Å². The first kappa shape index (κ1) is 109. The third-order valence-corrected chi connectivity index (χ3v) is 11.9. The fourth-order valence-corrected chi connectivity index (χ4v) is 5.36. The van der Waals surface area contributed by atoms with Crippen LogP contribution in [0.4, 0.5) is 0 Å². The van der Waals surface area contributed by atoms with Crippen LogP contribution < -0.4 is 126 Å². The van der Waals surface area contributed by atoms with Crippen LogP contribution in [0.25, 0.3) is 0 Å². The molecule has 1 saturated carbocycles. The van der Waals surface area contributed by atoms with Gasteiger partial charge in [0.25, 0.3) is 0 Å². The van der Waals surface area contributed by atoms with E-state index in [0.717, 1.165) is 31.4 Å². The number of hydrogen-bond donors (Lipinski definition) is 22. The maximum absolute atomic E-state index is 10.5. The number of thioether (sulfide) groups is 1. The van der Waals surface area contributed by atoms with Crippen LogP contribution in [0.1, 0.15) is 180 Å².